The topological polar surface area (TPSA) is 74.6 Å². The zero-order valence-electron chi connectivity index (χ0n) is 16.0. The highest BCUT2D eigenvalue weighted by Crippen LogP contribution is 2.39. The SMILES string of the molecule is COc1ccc(C(=O)Nc2cnn(Cc3ccc(F)cc3Cl)c2)c(OC)c1OC. The van der Waals surface area contributed by atoms with Crippen molar-refractivity contribution in [3.8, 4) is 17.2 Å². The van der Waals surface area contributed by atoms with Gasteiger partial charge in [-0.2, -0.15) is 5.10 Å². The molecular formula is C20H19ClFN3O4. The van der Waals surface area contributed by atoms with Crippen molar-refractivity contribution >= 4 is 23.2 Å². The van der Waals surface area contributed by atoms with Gasteiger partial charge >= 0.3 is 0 Å². The molecule has 0 aliphatic heterocycles. The molecule has 1 aromatic heterocycles. The van der Waals surface area contributed by atoms with Crippen molar-refractivity contribution in [2.24, 2.45) is 0 Å². The molecule has 0 atom stereocenters. The van der Waals surface area contributed by atoms with E-state index in [0.717, 1.165) is 0 Å². The second-order valence-electron chi connectivity index (χ2n) is 6.00. The van der Waals surface area contributed by atoms with Gasteiger partial charge in [-0.15, -0.1) is 0 Å². The Morgan fingerprint density at radius 3 is 2.55 bits per heavy atom. The zero-order valence-corrected chi connectivity index (χ0v) is 16.8. The molecule has 1 heterocycles. The predicted octanol–water partition coefficient (Wildman–Crippen LogP) is 4.00. The number of hydrogen-bond acceptors (Lipinski definition) is 5. The molecule has 0 aliphatic rings. The summed E-state index contributed by atoms with van der Waals surface area (Å²) >= 11 is 6.05. The lowest BCUT2D eigenvalue weighted by atomic mass is 10.1. The van der Waals surface area contributed by atoms with Crippen LogP contribution in [0.15, 0.2) is 42.7 Å². The van der Waals surface area contributed by atoms with Crippen LogP contribution in [-0.2, 0) is 6.54 Å². The standard InChI is InChI=1S/C20H19ClFN3O4/c1-27-17-7-6-15(18(28-2)19(17)29-3)20(26)24-14-9-23-25(11-14)10-12-4-5-13(22)8-16(12)21/h4-9,11H,10H2,1-3H3,(H,24,26). The highest BCUT2D eigenvalue weighted by atomic mass is 35.5. The fourth-order valence-corrected chi connectivity index (χ4v) is 3.04. The Morgan fingerprint density at radius 2 is 1.90 bits per heavy atom. The van der Waals surface area contributed by atoms with Gasteiger partial charge in [-0.3, -0.25) is 9.48 Å². The van der Waals surface area contributed by atoms with Gasteiger partial charge in [0.05, 0.1) is 45.3 Å². The number of anilines is 1. The summed E-state index contributed by atoms with van der Waals surface area (Å²) in [7, 11) is 4.41. The Labute approximate surface area is 171 Å². The summed E-state index contributed by atoms with van der Waals surface area (Å²) in [5, 5.41) is 7.27. The smallest absolute Gasteiger partial charge is 0.259 e. The van der Waals surface area contributed by atoms with Crippen LogP contribution in [0.1, 0.15) is 15.9 Å². The lowest BCUT2D eigenvalue weighted by Crippen LogP contribution is -2.13. The van der Waals surface area contributed by atoms with Crippen LogP contribution < -0.4 is 19.5 Å². The van der Waals surface area contributed by atoms with Gasteiger partial charge in [0.1, 0.15) is 5.82 Å². The molecule has 1 N–H and O–H groups in total. The van der Waals surface area contributed by atoms with Crippen molar-refractivity contribution in [1.82, 2.24) is 9.78 Å². The summed E-state index contributed by atoms with van der Waals surface area (Å²) in [5.41, 5.74) is 1.46. The first kappa shape index (κ1) is 20.5. The Morgan fingerprint density at radius 1 is 1.14 bits per heavy atom. The molecule has 152 valence electrons. The monoisotopic (exact) mass is 419 g/mol. The Kier molecular flexibility index (Phi) is 6.23. The first-order valence-electron chi connectivity index (χ1n) is 8.53. The Hall–Kier alpha value is -3.26. The van der Waals surface area contributed by atoms with Crippen molar-refractivity contribution in [2.45, 2.75) is 6.54 Å². The Balaban J connectivity index is 1.78. The van der Waals surface area contributed by atoms with E-state index < -0.39 is 11.7 Å². The largest absolute Gasteiger partial charge is 0.493 e. The number of nitrogens with one attached hydrogen (secondary N) is 1. The number of hydrogen-bond donors (Lipinski definition) is 1. The Bertz CT molecular complexity index is 1040. The number of carbonyl (C=O) groups excluding carboxylic acids is 1. The van der Waals surface area contributed by atoms with E-state index in [0.29, 0.717) is 34.3 Å². The van der Waals surface area contributed by atoms with Crippen molar-refractivity contribution < 1.29 is 23.4 Å². The summed E-state index contributed by atoms with van der Waals surface area (Å²) < 4.78 is 30.6. The highest BCUT2D eigenvalue weighted by molar-refractivity contribution is 6.31. The van der Waals surface area contributed by atoms with Crippen molar-refractivity contribution in [3.63, 3.8) is 0 Å². The number of rotatable bonds is 7. The molecule has 3 aromatic rings. The summed E-state index contributed by atoms with van der Waals surface area (Å²) in [6.45, 7) is 0.328. The maximum absolute atomic E-state index is 13.2. The summed E-state index contributed by atoms with van der Waals surface area (Å²) in [6.07, 6.45) is 3.15. The fraction of sp³-hybridized carbons (Fsp3) is 0.200. The van der Waals surface area contributed by atoms with E-state index in [9.17, 15) is 9.18 Å². The van der Waals surface area contributed by atoms with E-state index in [1.54, 1.807) is 29.1 Å². The molecule has 29 heavy (non-hydrogen) atoms. The number of amides is 1. The lowest BCUT2D eigenvalue weighted by Gasteiger charge is -2.15. The molecule has 7 nitrogen and oxygen atoms in total. The molecule has 0 fully saturated rings. The fourth-order valence-electron chi connectivity index (χ4n) is 2.82. The van der Waals surface area contributed by atoms with Gasteiger partial charge in [-0.25, -0.2) is 4.39 Å². The first-order chi connectivity index (χ1) is 14.0. The number of ether oxygens (including phenoxy) is 3. The maximum atomic E-state index is 13.2. The van der Waals surface area contributed by atoms with E-state index in [-0.39, 0.29) is 11.3 Å². The van der Waals surface area contributed by atoms with Gasteiger partial charge in [0.25, 0.3) is 5.91 Å². The van der Waals surface area contributed by atoms with Gasteiger partial charge in [-0.05, 0) is 29.8 Å². The molecule has 0 saturated heterocycles. The normalized spacial score (nSPS) is 10.5. The minimum atomic E-state index is -0.406. The van der Waals surface area contributed by atoms with Gasteiger partial charge in [0, 0.05) is 11.2 Å². The third-order valence-electron chi connectivity index (χ3n) is 4.19. The first-order valence-corrected chi connectivity index (χ1v) is 8.91. The van der Waals surface area contributed by atoms with Crippen LogP contribution in [0.5, 0.6) is 17.2 Å². The van der Waals surface area contributed by atoms with E-state index >= 15 is 0 Å². The number of benzene rings is 2. The molecule has 0 spiro atoms. The molecule has 3 rings (SSSR count). The van der Waals surface area contributed by atoms with Crippen LogP contribution >= 0.6 is 11.6 Å². The quantitative estimate of drug-likeness (QED) is 0.626. The van der Waals surface area contributed by atoms with Crippen molar-refractivity contribution in [1.29, 1.82) is 0 Å². The minimum Gasteiger partial charge on any atom is -0.493 e. The summed E-state index contributed by atoms with van der Waals surface area (Å²) in [5.74, 6) is 0.224. The van der Waals surface area contributed by atoms with E-state index in [4.69, 9.17) is 25.8 Å². The third kappa shape index (κ3) is 4.43. The van der Waals surface area contributed by atoms with Crippen molar-refractivity contribution in [2.75, 3.05) is 26.6 Å². The van der Waals surface area contributed by atoms with Gasteiger partial charge in [-0.1, -0.05) is 17.7 Å². The molecule has 2 aromatic carbocycles. The van der Waals surface area contributed by atoms with Crippen LogP contribution in [0.2, 0.25) is 5.02 Å². The molecule has 0 bridgehead atoms. The van der Waals surface area contributed by atoms with Crippen LogP contribution in [0.3, 0.4) is 0 Å². The average molecular weight is 420 g/mol. The predicted molar refractivity (Wildman–Crippen MR) is 107 cm³/mol. The third-order valence-corrected chi connectivity index (χ3v) is 4.54. The molecule has 9 heteroatoms. The van der Waals surface area contributed by atoms with E-state index in [2.05, 4.69) is 10.4 Å². The van der Waals surface area contributed by atoms with Crippen LogP contribution in [0.25, 0.3) is 0 Å². The number of nitrogens with zero attached hydrogens (tertiary/aromatic N) is 2. The molecule has 0 aliphatic carbocycles. The van der Waals surface area contributed by atoms with Gasteiger partial charge < -0.3 is 19.5 Å². The molecule has 0 unspecified atom stereocenters. The van der Waals surface area contributed by atoms with E-state index in [1.807, 2.05) is 0 Å². The lowest BCUT2D eigenvalue weighted by molar-refractivity contribution is 0.102. The summed E-state index contributed by atoms with van der Waals surface area (Å²) in [6, 6.07) is 7.36. The van der Waals surface area contributed by atoms with Crippen LogP contribution in [-0.4, -0.2) is 37.0 Å². The van der Waals surface area contributed by atoms with Gasteiger partial charge in [0.2, 0.25) is 5.75 Å². The molecule has 1 amide bonds. The minimum absolute atomic E-state index is 0.259. The number of carbonyl (C=O) groups is 1. The highest BCUT2D eigenvalue weighted by Gasteiger charge is 2.21. The van der Waals surface area contributed by atoms with Crippen LogP contribution in [0.4, 0.5) is 10.1 Å². The van der Waals surface area contributed by atoms with E-state index in [1.165, 1.54) is 39.7 Å². The second kappa shape index (κ2) is 8.83. The van der Waals surface area contributed by atoms with Gasteiger partial charge in [0.15, 0.2) is 11.5 Å². The number of aromatic nitrogens is 2. The van der Waals surface area contributed by atoms with Crippen molar-refractivity contribution in [3.05, 3.63) is 64.7 Å². The number of halogens is 2. The zero-order chi connectivity index (χ0) is 21.0. The van der Waals surface area contributed by atoms with Crippen LogP contribution in [0, 0.1) is 5.82 Å². The molecule has 0 radical (unpaired) electrons. The average Bonchev–Trinajstić information content (AvgIpc) is 3.15. The second-order valence-corrected chi connectivity index (χ2v) is 6.41. The molecular weight excluding hydrogens is 401 g/mol. The molecule has 0 saturated carbocycles. The number of methoxy groups -OCH3 is 3. The summed E-state index contributed by atoms with van der Waals surface area (Å²) in [4.78, 5) is 12.7. The maximum Gasteiger partial charge on any atom is 0.259 e.